The van der Waals surface area contributed by atoms with Crippen molar-refractivity contribution in [2.24, 2.45) is 5.73 Å². The van der Waals surface area contributed by atoms with Gasteiger partial charge in [0.1, 0.15) is 5.76 Å². The highest BCUT2D eigenvalue weighted by atomic mass is 16.3. The summed E-state index contributed by atoms with van der Waals surface area (Å²) in [5, 5.41) is 0. The lowest BCUT2D eigenvalue weighted by Crippen LogP contribution is -2.44. The van der Waals surface area contributed by atoms with Crippen LogP contribution in [0.5, 0.6) is 0 Å². The van der Waals surface area contributed by atoms with E-state index in [-0.39, 0.29) is 5.54 Å². The fourth-order valence-electron chi connectivity index (χ4n) is 3.31. The first kappa shape index (κ1) is 13.2. The predicted molar refractivity (Wildman–Crippen MR) is 76.8 cm³/mol. The lowest BCUT2D eigenvalue weighted by atomic mass is 9.80. The quantitative estimate of drug-likeness (QED) is 0.855. The number of nitrogens with two attached hydrogens (primary N) is 1. The molecule has 0 bridgehead atoms. The summed E-state index contributed by atoms with van der Waals surface area (Å²) < 4.78 is 5.49. The Kier molecular flexibility index (Phi) is 3.94. The van der Waals surface area contributed by atoms with Crippen molar-refractivity contribution in [1.29, 1.82) is 0 Å². The Balaban J connectivity index is 1.53. The van der Waals surface area contributed by atoms with Gasteiger partial charge in [-0.1, -0.05) is 19.3 Å². The molecule has 1 aromatic heterocycles. The molecule has 0 aromatic carbocycles. The summed E-state index contributed by atoms with van der Waals surface area (Å²) in [6, 6.07) is 4.83. The molecule has 3 rings (SSSR count). The van der Waals surface area contributed by atoms with Crippen molar-refractivity contribution < 1.29 is 4.42 Å². The maximum atomic E-state index is 6.55. The minimum Gasteiger partial charge on any atom is -0.468 e. The highest BCUT2D eigenvalue weighted by molar-refractivity contribution is 5.00. The van der Waals surface area contributed by atoms with Crippen LogP contribution in [0.3, 0.4) is 0 Å². The van der Waals surface area contributed by atoms with Gasteiger partial charge in [0.25, 0.3) is 0 Å². The third kappa shape index (κ3) is 3.61. The highest BCUT2D eigenvalue weighted by Crippen LogP contribution is 2.32. The van der Waals surface area contributed by atoms with Crippen LogP contribution < -0.4 is 5.73 Å². The van der Waals surface area contributed by atoms with E-state index < -0.39 is 0 Å². The molecule has 0 atom stereocenters. The number of hydrogen-bond donors (Lipinski definition) is 1. The fourth-order valence-corrected chi connectivity index (χ4v) is 3.31. The topological polar surface area (TPSA) is 42.4 Å². The zero-order chi connectivity index (χ0) is 13.1. The van der Waals surface area contributed by atoms with Crippen molar-refractivity contribution in [1.82, 2.24) is 4.90 Å². The molecule has 2 fully saturated rings. The van der Waals surface area contributed by atoms with Crippen molar-refractivity contribution in [3.63, 3.8) is 0 Å². The molecule has 2 aliphatic carbocycles. The first-order valence-corrected chi connectivity index (χ1v) is 7.81. The van der Waals surface area contributed by atoms with Gasteiger partial charge in [-0.25, -0.2) is 0 Å². The Morgan fingerprint density at radius 2 is 2.05 bits per heavy atom. The summed E-state index contributed by atoms with van der Waals surface area (Å²) in [7, 11) is 0. The fraction of sp³-hybridized carbons (Fsp3) is 0.750. The van der Waals surface area contributed by atoms with Gasteiger partial charge in [-0.3, -0.25) is 4.90 Å². The second kappa shape index (κ2) is 5.68. The van der Waals surface area contributed by atoms with Crippen LogP contribution in [0.25, 0.3) is 0 Å². The molecule has 2 aliphatic rings. The summed E-state index contributed by atoms with van der Waals surface area (Å²) in [4.78, 5) is 2.57. The van der Waals surface area contributed by atoms with E-state index >= 15 is 0 Å². The molecule has 0 spiro atoms. The SMILES string of the molecule is NC1(CCN(Cc2ccco2)C2CC2)CCCCC1. The van der Waals surface area contributed by atoms with Crippen molar-refractivity contribution in [3.8, 4) is 0 Å². The molecule has 1 heterocycles. The lowest BCUT2D eigenvalue weighted by Gasteiger charge is -2.35. The molecule has 0 radical (unpaired) electrons. The Hall–Kier alpha value is -0.800. The highest BCUT2D eigenvalue weighted by Gasteiger charge is 2.33. The molecule has 3 heteroatoms. The van der Waals surface area contributed by atoms with Gasteiger partial charge in [0.2, 0.25) is 0 Å². The van der Waals surface area contributed by atoms with Crippen LogP contribution in [0, 0.1) is 0 Å². The summed E-state index contributed by atoms with van der Waals surface area (Å²) >= 11 is 0. The molecular weight excluding hydrogens is 236 g/mol. The van der Waals surface area contributed by atoms with Gasteiger partial charge in [-0.05, 0) is 44.2 Å². The Morgan fingerprint density at radius 1 is 1.26 bits per heavy atom. The van der Waals surface area contributed by atoms with Gasteiger partial charge in [-0.2, -0.15) is 0 Å². The molecular formula is C16H26N2O. The third-order valence-electron chi connectivity index (χ3n) is 4.75. The first-order valence-electron chi connectivity index (χ1n) is 7.81. The summed E-state index contributed by atoms with van der Waals surface area (Å²) in [6.07, 6.45) is 12.0. The van der Waals surface area contributed by atoms with Crippen LogP contribution in [0.4, 0.5) is 0 Å². The van der Waals surface area contributed by atoms with Crippen LogP contribution in [-0.2, 0) is 6.54 Å². The zero-order valence-electron chi connectivity index (χ0n) is 11.8. The molecule has 2 saturated carbocycles. The van der Waals surface area contributed by atoms with Gasteiger partial charge in [-0.15, -0.1) is 0 Å². The van der Waals surface area contributed by atoms with Gasteiger partial charge in [0.05, 0.1) is 12.8 Å². The number of hydrogen-bond acceptors (Lipinski definition) is 3. The molecule has 3 nitrogen and oxygen atoms in total. The zero-order valence-corrected chi connectivity index (χ0v) is 11.8. The van der Waals surface area contributed by atoms with Crippen LogP contribution in [0.15, 0.2) is 22.8 Å². The van der Waals surface area contributed by atoms with Crippen LogP contribution in [0.2, 0.25) is 0 Å². The van der Waals surface area contributed by atoms with Gasteiger partial charge in [0.15, 0.2) is 0 Å². The van der Waals surface area contributed by atoms with Gasteiger partial charge >= 0.3 is 0 Å². The summed E-state index contributed by atoms with van der Waals surface area (Å²) in [5.41, 5.74) is 6.66. The van der Waals surface area contributed by atoms with E-state index in [1.807, 2.05) is 6.07 Å². The molecule has 0 aliphatic heterocycles. The second-order valence-electron chi connectivity index (χ2n) is 6.45. The lowest BCUT2D eigenvalue weighted by molar-refractivity contribution is 0.186. The summed E-state index contributed by atoms with van der Waals surface area (Å²) in [5.74, 6) is 1.08. The van der Waals surface area contributed by atoms with Crippen molar-refractivity contribution in [3.05, 3.63) is 24.2 Å². The van der Waals surface area contributed by atoms with E-state index in [4.69, 9.17) is 10.2 Å². The molecule has 1 aromatic rings. The normalized spacial score (nSPS) is 22.8. The Labute approximate surface area is 116 Å². The maximum absolute atomic E-state index is 6.55. The second-order valence-corrected chi connectivity index (χ2v) is 6.45. The Morgan fingerprint density at radius 3 is 2.68 bits per heavy atom. The number of furan rings is 1. The molecule has 0 amide bonds. The first-order chi connectivity index (χ1) is 9.25. The Bertz CT molecular complexity index is 377. The molecule has 0 unspecified atom stereocenters. The average Bonchev–Trinajstić information content (AvgIpc) is 3.13. The minimum atomic E-state index is 0.106. The molecule has 0 saturated heterocycles. The molecule has 19 heavy (non-hydrogen) atoms. The van der Waals surface area contributed by atoms with Crippen LogP contribution in [0.1, 0.15) is 57.1 Å². The van der Waals surface area contributed by atoms with E-state index in [1.54, 1.807) is 6.26 Å². The van der Waals surface area contributed by atoms with E-state index in [0.29, 0.717) is 0 Å². The minimum absolute atomic E-state index is 0.106. The number of nitrogens with zero attached hydrogens (tertiary/aromatic N) is 1. The van der Waals surface area contributed by atoms with Gasteiger partial charge < -0.3 is 10.2 Å². The number of rotatable bonds is 6. The standard InChI is InChI=1S/C16H26N2O/c17-16(8-2-1-3-9-16)10-11-18(14-6-7-14)13-15-5-4-12-19-15/h4-5,12,14H,1-3,6-11,13,17H2. The third-order valence-corrected chi connectivity index (χ3v) is 4.75. The van der Waals surface area contributed by atoms with E-state index in [0.717, 1.165) is 31.3 Å². The molecule has 106 valence electrons. The average molecular weight is 262 g/mol. The largest absolute Gasteiger partial charge is 0.468 e. The summed E-state index contributed by atoms with van der Waals surface area (Å²) in [6.45, 7) is 2.08. The maximum Gasteiger partial charge on any atom is 0.117 e. The van der Waals surface area contributed by atoms with E-state index in [2.05, 4.69) is 11.0 Å². The van der Waals surface area contributed by atoms with Crippen molar-refractivity contribution in [2.45, 2.75) is 69.5 Å². The van der Waals surface area contributed by atoms with Gasteiger partial charge in [0, 0.05) is 18.1 Å². The van der Waals surface area contributed by atoms with Crippen molar-refractivity contribution >= 4 is 0 Å². The van der Waals surface area contributed by atoms with Crippen molar-refractivity contribution in [2.75, 3.05) is 6.54 Å². The van der Waals surface area contributed by atoms with Crippen LogP contribution >= 0.6 is 0 Å². The monoisotopic (exact) mass is 262 g/mol. The van der Waals surface area contributed by atoms with Crippen LogP contribution in [-0.4, -0.2) is 23.0 Å². The smallest absolute Gasteiger partial charge is 0.117 e. The predicted octanol–water partition coefficient (Wildman–Crippen LogP) is 3.30. The van der Waals surface area contributed by atoms with E-state index in [1.165, 1.54) is 44.9 Å². The molecule has 2 N–H and O–H groups in total. The van der Waals surface area contributed by atoms with E-state index in [9.17, 15) is 0 Å².